The van der Waals surface area contributed by atoms with Gasteiger partial charge in [0.15, 0.2) is 0 Å². The fraction of sp³-hybridized carbons (Fsp3) is 1.00. The molecule has 0 unspecified atom stereocenters. The lowest BCUT2D eigenvalue weighted by Gasteiger charge is -1.80. The summed E-state index contributed by atoms with van der Waals surface area (Å²) in [6.07, 6.45) is -0.167. The standard InChI is InChI=1S/C4H10.C3H8O.CH4/c1-4(2)3;1-3(2)4;/h4H,1-3H3;3-4H,1-2H3;1H4. The lowest BCUT2D eigenvalue weighted by molar-refractivity contribution is 0.216. The second-order valence-electron chi connectivity index (χ2n) is 2.83. The molecule has 0 atom stereocenters. The van der Waals surface area contributed by atoms with E-state index >= 15 is 0 Å². The second kappa shape index (κ2) is 10.9. The predicted octanol–water partition coefficient (Wildman–Crippen LogP) is 2.69. The van der Waals surface area contributed by atoms with Crippen LogP contribution >= 0.6 is 0 Å². The summed E-state index contributed by atoms with van der Waals surface area (Å²) in [7, 11) is 0. The lowest BCUT2D eigenvalue weighted by Crippen LogP contribution is -1.85. The van der Waals surface area contributed by atoms with E-state index in [4.69, 9.17) is 5.11 Å². The van der Waals surface area contributed by atoms with Gasteiger partial charge in [-0.15, -0.1) is 0 Å². The minimum Gasteiger partial charge on any atom is -0.394 e. The largest absolute Gasteiger partial charge is 0.394 e. The topological polar surface area (TPSA) is 20.2 Å². The summed E-state index contributed by atoms with van der Waals surface area (Å²) in [5.74, 6) is 0.833. The molecule has 0 amide bonds. The highest BCUT2D eigenvalue weighted by molar-refractivity contribution is 4.21. The molecule has 0 spiro atoms. The summed E-state index contributed by atoms with van der Waals surface area (Å²) in [5.41, 5.74) is 0. The minimum absolute atomic E-state index is 0. The average molecular weight is 134 g/mol. The summed E-state index contributed by atoms with van der Waals surface area (Å²) < 4.78 is 0. The Hall–Kier alpha value is -0.0400. The van der Waals surface area contributed by atoms with E-state index in [0.29, 0.717) is 0 Å². The summed E-state index contributed by atoms with van der Waals surface area (Å²) in [6.45, 7) is 9.94. The van der Waals surface area contributed by atoms with Crippen LogP contribution in [-0.2, 0) is 0 Å². The minimum atomic E-state index is -0.167. The molecule has 0 bridgehead atoms. The fourth-order valence-corrected chi connectivity index (χ4v) is 0. The van der Waals surface area contributed by atoms with Crippen LogP contribution in [0.5, 0.6) is 0 Å². The van der Waals surface area contributed by atoms with Crippen molar-refractivity contribution >= 4 is 0 Å². The third kappa shape index (κ3) is 177000. The molecular weight excluding hydrogens is 112 g/mol. The van der Waals surface area contributed by atoms with Gasteiger partial charge < -0.3 is 5.11 Å². The SMILES string of the molecule is C.CC(C)C.CC(C)O. The van der Waals surface area contributed by atoms with Crippen LogP contribution in [0.15, 0.2) is 0 Å². The molecule has 0 fully saturated rings. The molecule has 0 aliphatic rings. The van der Waals surface area contributed by atoms with Gasteiger partial charge in [-0.25, -0.2) is 0 Å². The molecule has 9 heavy (non-hydrogen) atoms. The maximum Gasteiger partial charge on any atom is 0.0483 e. The van der Waals surface area contributed by atoms with E-state index in [-0.39, 0.29) is 13.5 Å². The Morgan fingerprint density at radius 3 is 0.889 bits per heavy atom. The van der Waals surface area contributed by atoms with Crippen LogP contribution in [0.3, 0.4) is 0 Å². The van der Waals surface area contributed by atoms with Crippen molar-refractivity contribution in [3.05, 3.63) is 0 Å². The maximum absolute atomic E-state index is 8.06. The predicted molar refractivity (Wildman–Crippen MR) is 44.6 cm³/mol. The quantitative estimate of drug-likeness (QED) is 0.540. The summed E-state index contributed by atoms with van der Waals surface area (Å²) >= 11 is 0. The molecule has 0 aliphatic heterocycles. The normalized spacial score (nSPS) is 8.00. The van der Waals surface area contributed by atoms with Gasteiger partial charge >= 0.3 is 0 Å². The molecule has 0 aliphatic carbocycles. The second-order valence-corrected chi connectivity index (χ2v) is 2.83. The molecule has 60 valence electrons. The Morgan fingerprint density at radius 2 is 0.889 bits per heavy atom. The van der Waals surface area contributed by atoms with E-state index in [1.54, 1.807) is 13.8 Å². The smallest absolute Gasteiger partial charge is 0.0483 e. The zero-order valence-corrected chi connectivity index (χ0v) is 6.60. The summed E-state index contributed by atoms with van der Waals surface area (Å²) in [6, 6.07) is 0. The monoisotopic (exact) mass is 134 g/mol. The van der Waals surface area contributed by atoms with Crippen LogP contribution in [0.1, 0.15) is 42.0 Å². The number of rotatable bonds is 0. The molecule has 0 rings (SSSR count). The molecule has 0 aromatic rings. The third-order valence-electron chi connectivity index (χ3n) is 0. The van der Waals surface area contributed by atoms with Gasteiger partial charge in [-0.1, -0.05) is 28.2 Å². The fourth-order valence-electron chi connectivity index (χ4n) is 0. The molecule has 0 aromatic carbocycles. The Kier molecular flexibility index (Phi) is 19.3. The van der Waals surface area contributed by atoms with Crippen molar-refractivity contribution in [1.29, 1.82) is 0 Å². The van der Waals surface area contributed by atoms with Gasteiger partial charge in [-0.3, -0.25) is 0 Å². The van der Waals surface area contributed by atoms with E-state index in [9.17, 15) is 0 Å². The van der Waals surface area contributed by atoms with E-state index in [1.807, 2.05) is 0 Å². The van der Waals surface area contributed by atoms with Crippen LogP contribution in [0.4, 0.5) is 0 Å². The van der Waals surface area contributed by atoms with Crippen molar-refractivity contribution in [2.24, 2.45) is 5.92 Å². The van der Waals surface area contributed by atoms with Crippen molar-refractivity contribution in [3.8, 4) is 0 Å². The number of hydrogen-bond acceptors (Lipinski definition) is 1. The van der Waals surface area contributed by atoms with E-state index in [1.165, 1.54) is 0 Å². The van der Waals surface area contributed by atoms with Crippen molar-refractivity contribution in [2.75, 3.05) is 0 Å². The lowest BCUT2D eigenvalue weighted by atomic mass is 10.3. The van der Waals surface area contributed by atoms with Gasteiger partial charge in [0, 0.05) is 6.10 Å². The Labute approximate surface area is 60.1 Å². The van der Waals surface area contributed by atoms with Gasteiger partial charge in [-0.2, -0.15) is 0 Å². The molecule has 0 aromatic heterocycles. The third-order valence-corrected chi connectivity index (χ3v) is 0. The van der Waals surface area contributed by atoms with Gasteiger partial charge in [0.1, 0.15) is 0 Å². The Bertz CT molecular complexity index is 20.0. The van der Waals surface area contributed by atoms with Gasteiger partial charge in [0.25, 0.3) is 0 Å². The first-order valence-corrected chi connectivity index (χ1v) is 3.14. The molecule has 0 heterocycles. The van der Waals surface area contributed by atoms with Crippen molar-refractivity contribution < 1.29 is 5.11 Å². The van der Waals surface area contributed by atoms with Gasteiger partial charge in [0.2, 0.25) is 0 Å². The zero-order valence-electron chi connectivity index (χ0n) is 6.60. The highest BCUT2D eigenvalue weighted by Crippen LogP contribution is 1.81. The number of aliphatic hydroxyl groups is 1. The highest BCUT2D eigenvalue weighted by atomic mass is 16.3. The summed E-state index contributed by atoms with van der Waals surface area (Å²) in [5, 5.41) is 8.06. The molecule has 1 heteroatoms. The molecule has 1 N–H and O–H groups in total. The first-order valence-electron chi connectivity index (χ1n) is 3.14. The van der Waals surface area contributed by atoms with Crippen molar-refractivity contribution in [1.82, 2.24) is 0 Å². The number of hydrogen-bond donors (Lipinski definition) is 1. The molecule has 1 nitrogen and oxygen atoms in total. The van der Waals surface area contributed by atoms with E-state index < -0.39 is 0 Å². The van der Waals surface area contributed by atoms with Crippen LogP contribution < -0.4 is 0 Å². The Balaban J connectivity index is -0.0000000720. The molecule has 0 saturated carbocycles. The first-order chi connectivity index (χ1) is 3.46. The average Bonchev–Trinajstić information content (AvgIpc) is 1.25. The summed E-state index contributed by atoms with van der Waals surface area (Å²) in [4.78, 5) is 0. The van der Waals surface area contributed by atoms with Crippen LogP contribution in [-0.4, -0.2) is 11.2 Å². The Morgan fingerprint density at radius 1 is 0.889 bits per heavy atom. The molecule has 0 radical (unpaired) electrons. The zero-order chi connectivity index (χ0) is 7.15. The molecular formula is C8H22O. The van der Waals surface area contributed by atoms with E-state index in [2.05, 4.69) is 20.8 Å². The van der Waals surface area contributed by atoms with Crippen molar-refractivity contribution in [2.45, 2.75) is 48.1 Å². The van der Waals surface area contributed by atoms with Crippen molar-refractivity contribution in [3.63, 3.8) is 0 Å². The van der Waals surface area contributed by atoms with Crippen LogP contribution in [0.25, 0.3) is 0 Å². The van der Waals surface area contributed by atoms with Crippen LogP contribution in [0, 0.1) is 5.92 Å². The van der Waals surface area contributed by atoms with Crippen LogP contribution in [0.2, 0.25) is 0 Å². The van der Waals surface area contributed by atoms with Gasteiger partial charge in [0.05, 0.1) is 0 Å². The highest BCUT2D eigenvalue weighted by Gasteiger charge is 1.69. The van der Waals surface area contributed by atoms with E-state index in [0.717, 1.165) is 5.92 Å². The first kappa shape index (κ1) is 16.0. The molecule has 0 saturated heterocycles. The number of aliphatic hydroxyl groups excluding tert-OH is 1. The van der Waals surface area contributed by atoms with Gasteiger partial charge in [-0.05, 0) is 19.8 Å². The maximum atomic E-state index is 8.06.